The number of nitrogens with zero attached hydrogens (tertiary/aromatic N) is 4. The van der Waals surface area contributed by atoms with E-state index in [1.807, 2.05) is 18.4 Å². The van der Waals surface area contributed by atoms with Crippen LogP contribution in [0.2, 0.25) is 0 Å². The molecule has 0 spiro atoms. The van der Waals surface area contributed by atoms with Crippen LogP contribution in [0.1, 0.15) is 46.8 Å². The molecule has 0 radical (unpaired) electrons. The Hall–Kier alpha value is -2.81. The van der Waals surface area contributed by atoms with E-state index in [1.165, 1.54) is 0 Å². The summed E-state index contributed by atoms with van der Waals surface area (Å²) in [4.78, 5) is 28.4. The van der Waals surface area contributed by atoms with Crippen molar-refractivity contribution in [1.29, 1.82) is 0 Å². The molecule has 0 unspecified atom stereocenters. The second-order valence-corrected chi connectivity index (χ2v) is 6.05. The molecule has 0 saturated carbocycles. The van der Waals surface area contributed by atoms with Crippen molar-refractivity contribution in [3.05, 3.63) is 35.2 Å². The largest absolute Gasteiger partial charge is 0.366 e. The van der Waals surface area contributed by atoms with Crippen LogP contribution in [0.5, 0.6) is 0 Å². The summed E-state index contributed by atoms with van der Waals surface area (Å²) in [6.45, 7) is 4.64. The monoisotopic (exact) mass is 358 g/mol. The molecule has 1 aromatic carbocycles. The number of hydrogen-bond donors (Lipinski definition) is 2. The standard InChI is InChI=1S/C16H18N6O2S/c1-3-7-22-12-6-5-9(14(17)23)8-11(12)18-16(22)19-15(24)13-10(4-2)20-25-21-13/h5-6,8H,3-4,7H2,1-2H3,(H2,17,23)(H,18,19,24). The van der Waals surface area contributed by atoms with Crippen LogP contribution < -0.4 is 11.1 Å². The lowest BCUT2D eigenvalue weighted by atomic mass is 10.2. The van der Waals surface area contributed by atoms with Crippen LogP contribution in [0.25, 0.3) is 11.0 Å². The van der Waals surface area contributed by atoms with Crippen molar-refractivity contribution in [1.82, 2.24) is 18.3 Å². The van der Waals surface area contributed by atoms with Crippen LogP contribution in [-0.2, 0) is 13.0 Å². The second-order valence-electron chi connectivity index (χ2n) is 5.52. The lowest BCUT2D eigenvalue weighted by Gasteiger charge is -2.08. The zero-order chi connectivity index (χ0) is 18.0. The van der Waals surface area contributed by atoms with Gasteiger partial charge in [-0.05, 0) is 31.0 Å². The molecule has 0 aliphatic carbocycles. The molecule has 3 N–H and O–H groups in total. The molecule has 0 aliphatic heterocycles. The molecule has 0 aliphatic rings. The summed E-state index contributed by atoms with van der Waals surface area (Å²) < 4.78 is 10.1. The molecule has 0 bridgehead atoms. The molecule has 2 aromatic heterocycles. The summed E-state index contributed by atoms with van der Waals surface area (Å²) in [5.41, 5.74) is 8.12. The molecular formula is C16H18N6O2S. The normalized spacial score (nSPS) is 11.0. The van der Waals surface area contributed by atoms with Gasteiger partial charge in [0.2, 0.25) is 11.9 Å². The summed E-state index contributed by atoms with van der Waals surface area (Å²) in [6, 6.07) is 5.07. The number of fused-ring (bicyclic) bond motifs is 1. The molecule has 0 fully saturated rings. The Kier molecular flexibility index (Phi) is 4.75. The second kappa shape index (κ2) is 6.98. The first-order chi connectivity index (χ1) is 12.0. The Bertz CT molecular complexity index is 945. The third-order valence-electron chi connectivity index (χ3n) is 3.81. The Labute approximate surface area is 148 Å². The predicted octanol–water partition coefficient (Wildman–Crippen LogP) is 2.21. The molecule has 3 aromatic rings. The van der Waals surface area contributed by atoms with Crippen LogP contribution in [0.15, 0.2) is 18.2 Å². The lowest BCUT2D eigenvalue weighted by Crippen LogP contribution is -2.17. The number of nitrogens with one attached hydrogen (secondary N) is 1. The van der Waals surface area contributed by atoms with Gasteiger partial charge in [0.25, 0.3) is 5.91 Å². The van der Waals surface area contributed by atoms with E-state index in [-0.39, 0.29) is 5.91 Å². The van der Waals surface area contributed by atoms with Gasteiger partial charge in [-0.25, -0.2) is 4.98 Å². The van der Waals surface area contributed by atoms with Crippen molar-refractivity contribution in [3.8, 4) is 0 Å². The molecule has 2 heterocycles. The van der Waals surface area contributed by atoms with Gasteiger partial charge >= 0.3 is 0 Å². The molecule has 0 saturated heterocycles. The highest BCUT2D eigenvalue weighted by molar-refractivity contribution is 6.99. The fourth-order valence-corrected chi connectivity index (χ4v) is 3.23. The fourth-order valence-electron chi connectivity index (χ4n) is 2.60. The summed E-state index contributed by atoms with van der Waals surface area (Å²) in [5.74, 6) is -0.439. The van der Waals surface area contributed by atoms with Crippen molar-refractivity contribution in [3.63, 3.8) is 0 Å². The van der Waals surface area contributed by atoms with Crippen LogP contribution in [0.3, 0.4) is 0 Å². The quantitative estimate of drug-likeness (QED) is 0.701. The average molecular weight is 358 g/mol. The fraction of sp³-hybridized carbons (Fsp3) is 0.312. The smallest absolute Gasteiger partial charge is 0.279 e. The van der Waals surface area contributed by atoms with E-state index < -0.39 is 5.91 Å². The van der Waals surface area contributed by atoms with Gasteiger partial charge in [-0.15, -0.1) is 0 Å². The first kappa shape index (κ1) is 17.0. The third-order valence-corrected chi connectivity index (χ3v) is 4.38. The molecule has 130 valence electrons. The maximum atomic E-state index is 12.5. The van der Waals surface area contributed by atoms with E-state index in [4.69, 9.17) is 5.73 Å². The number of aromatic nitrogens is 4. The van der Waals surface area contributed by atoms with Gasteiger partial charge in [0.05, 0.1) is 28.5 Å². The number of carbonyl (C=O) groups is 2. The minimum atomic E-state index is -0.515. The predicted molar refractivity (Wildman–Crippen MR) is 95.8 cm³/mol. The Balaban J connectivity index is 2.01. The minimum Gasteiger partial charge on any atom is -0.366 e. The zero-order valence-corrected chi connectivity index (χ0v) is 14.8. The Morgan fingerprint density at radius 3 is 2.76 bits per heavy atom. The Morgan fingerprint density at radius 2 is 2.08 bits per heavy atom. The lowest BCUT2D eigenvalue weighted by molar-refractivity contribution is 0.0997. The number of nitrogens with two attached hydrogens (primary N) is 1. The van der Waals surface area contributed by atoms with Crippen molar-refractivity contribution >= 4 is 40.5 Å². The van der Waals surface area contributed by atoms with E-state index >= 15 is 0 Å². The van der Waals surface area contributed by atoms with E-state index in [0.29, 0.717) is 41.4 Å². The van der Waals surface area contributed by atoms with Gasteiger partial charge in [0.1, 0.15) is 0 Å². The maximum absolute atomic E-state index is 12.5. The van der Waals surface area contributed by atoms with Gasteiger partial charge in [0, 0.05) is 12.1 Å². The van der Waals surface area contributed by atoms with E-state index in [1.54, 1.807) is 18.2 Å². The summed E-state index contributed by atoms with van der Waals surface area (Å²) >= 11 is 1.01. The van der Waals surface area contributed by atoms with E-state index in [9.17, 15) is 9.59 Å². The van der Waals surface area contributed by atoms with E-state index in [0.717, 1.165) is 23.7 Å². The maximum Gasteiger partial charge on any atom is 0.279 e. The summed E-state index contributed by atoms with van der Waals surface area (Å²) in [5, 5.41) is 2.81. The van der Waals surface area contributed by atoms with Gasteiger partial charge in [-0.2, -0.15) is 8.75 Å². The van der Waals surface area contributed by atoms with Crippen LogP contribution in [0.4, 0.5) is 5.95 Å². The van der Waals surface area contributed by atoms with Crippen molar-refractivity contribution in [2.45, 2.75) is 33.2 Å². The first-order valence-corrected chi connectivity index (χ1v) is 8.71. The number of hydrogen-bond acceptors (Lipinski definition) is 6. The van der Waals surface area contributed by atoms with E-state index in [2.05, 4.69) is 19.0 Å². The third kappa shape index (κ3) is 3.22. The molecular weight excluding hydrogens is 340 g/mol. The SMILES string of the molecule is CCCn1c(NC(=O)c2nsnc2CC)nc2cc(C(N)=O)ccc21. The number of amides is 2. The topological polar surface area (TPSA) is 116 Å². The highest BCUT2D eigenvalue weighted by Gasteiger charge is 2.19. The van der Waals surface area contributed by atoms with Gasteiger partial charge in [-0.1, -0.05) is 13.8 Å². The highest BCUT2D eigenvalue weighted by Crippen LogP contribution is 2.22. The highest BCUT2D eigenvalue weighted by atomic mass is 32.1. The van der Waals surface area contributed by atoms with Gasteiger partial charge in [0.15, 0.2) is 5.69 Å². The summed E-state index contributed by atoms with van der Waals surface area (Å²) in [6.07, 6.45) is 1.50. The van der Waals surface area contributed by atoms with Crippen molar-refractivity contribution < 1.29 is 9.59 Å². The molecule has 8 nitrogen and oxygen atoms in total. The number of imidazole rings is 1. The number of benzene rings is 1. The number of anilines is 1. The average Bonchev–Trinajstić information content (AvgIpc) is 3.19. The molecule has 9 heteroatoms. The minimum absolute atomic E-state index is 0.320. The number of rotatable bonds is 6. The number of primary amides is 1. The van der Waals surface area contributed by atoms with Crippen LogP contribution in [-0.4, -0.2) is 30.1 Å². The first-order valence-electron chi connectivity index (χ1n) is 7.98. The Morgan fingerprint density at radius 1 is 1.28 bits per heavy atom. The van der Waals surface area contributed by atoms with Crippen LogP contribution >= 0.6 is 11.7 Å². The van der Waals surface area contributed by atoms with Gasteiger partial charge in [-0.3, -0.25) is 14.9 Å². The molecule has 3 rings (SSSR count). The molecule has 0 atom stereocenters. The van der Waals surface area contributed by atoms with Crippen molar-refractivity contribution in [2.24, 2.45) is 5.73 Å². The number of carbonyl (C=O) groups excluding carboxylic acids is 2. The zero-order valence-electron chi connectivity index (χ0n) is 13.9. The molecule has 25 heavy (non-hydrogen) atoms. The van der Waals surface area contributed by atoms with Crippen LogP contribution in [0, 0.1) is 0 Å². The summed E-state index contributed by atoms with van der Waals surface area (Å²) in [7, 11) is 0. The van der Waals surface area contributed by atoms with Gasteiger partial charge < -0.3 is 10.3 Å². The number of aryl methyl sites for hydroxylation is 2. The van der Waals surface area contributed by atoms with Crippen molar-refractivity contribution in [2.75, 3.05) is 5.32 Å². The molecule has 2 amide bonds.